The molecule has 172 valence electrons. The van der Waals surface area contributed by atoms with Crippen LogP contribution in [-0.2, 0) is 0 Å². The zero-order valence-corrected chi connectivity index (χ0v) is 21.0. The fourth-order valence-electron chi connectivity index (χ4n) is 3.32. The fraction of sp³-hybridized carbons (Fsp3) is 0.192. The van der Waals surface area contributed by atoms with Crippen molar-refractivity contribution in [2.45, 2.75) is 19.8 Å². The summed E-state index contributed by atoms with van der Waals surface area (Å²) in [6.07, 6.45) is 3.74. The van der Waals surface area contributed by atoms with Crippen molar-refractivity contribution in [3.8, 4) is 28.8 Å². The molecule has 2 heterocycles. The first kappa shape index (κ1) is 23.7. The lowest BCUT2D eigenvalue weighted by Gasteiger charge is -2.11. The van der Waals surface area contributed by atoms with Crippen LogP contribution in [0.1, 0.15) is 30.3 Å². The minimum atomic E-state index is -0.474. The summed E-state index contributed by atoms with van der Waals surface area (Å²) in [6.45, 7) is 2.72. The molecule has 2 aromatic carbocycles. The van der Waals surface area contributed by atoms with Crippen molar-refractivity contribution in [2.24, 2.45) is 0 Å². The zero-order chi connectivity index (χ0) is 24.1. The van der Waals surface area contributed by atoms with Crippen molar-refractivity contribution in [2.75, 3.05) is 13.7 Å². The van der Waals surface area contributed by atoms with Gasteiger partial charge in [-0.2, -0.15) is 5.26 Å². The van der Waals surface area contributed by atoms with Gasteiger partial charge < -0.3 is 13.9 Å². The molecule has 0 aliphatic rings. The largest absolute Gasteiger partial charge is 0.493 e. The lowest BCUT2D eigenvalue weighted by Crippen LogP contribution is -2.03. The number of fused-ring (bicyclic) bond motifs is 1. The van der Waals surface area contributed by atoms with Gasteiger partial charge in [0.05, 0.1) is 30.5 Å². The van der Waals surface area contributed by atoms with Gasteiger partial charge in [0.2, 0.25) is 0 Å². The Morgan fingerprint density at radius 3 is 2.85 bits per heavy atom. The Kier molecular flexibility index (Phi) is 7.46. The van der Waals surface area contributed by atoms with Crippen LogP contribution in [0.25, 0.3) is 33.9 Å². The summed E-state index contributed by atoms with van der Waals surface area (Å²) in [5.74, 6) is 1.26. The third-order valence-electron chi connectivity index (χ3n) is 5.08. The summed E-state index contributed by atoms with van der Waals surface area (Å²) in [7, 11) is 1.58. The van der Waals surface area contributed by atoms with Gasteiger partial charge in [0.1, 0.15) is 16.7 Å². The average Bonchev–Trinajstić information content (AvgIpc) is 3.33. The monoisotopic (exact) mass is 536 g/mol. The third-order valence-corrected chi connectivity index (χ3v) is 6.45. The molecule has 4 aromatic rings. The van der Waals surface area contributed by atoms with E-state index in [0.29, 0.717) is 45.5 Å². The van der Waals surface area contributed by atoms with Gasteiger partial charge in [-0.3, -0.25) is 0 Å². The van der Waals surface area contributed by atoms with E-state index in [-0.39, 0.29) is 0 Å². The number of thiazole rings is 1. The van der Waals surface area contributed by atoms with Gasteiger partial charge in [-0.15, -0.1) is 11.3 Å². The summed E-state index contributed by atoms with van der Waals surface area (Å²) < 4.78 is 17.6. The number of nitriles is 1. The van der Waals surface area contributed by atoms with E-state index >= 15 is 0 Å². The number of hydrogen-bond acceptors (Lipinski definition) is 7. The molecule has 6 nitrogen and oxygen atoms in total. The summed E-state index contributed by atoms with van der Waals surface area (Å²) in [5, 5.41) is 12.8. The zero-order valence-electron chi connectivity index (χ0n) is 18.6. The Hall–Kier alpha value is -3.41. The van der Waals surface area contributed by atoms with Crippen LogP contribution < -0.4 is 15.1 Å². The summed E-state index contributed by atoms with van der Waals surface area (Å²) in [4.78, 5) is 17.1. The number of nitrogens with zero attached hydrogens (tertiary/aromatic N) is 2. The maximum atomic E-state index is 12.5. The minimum Gasteiger partial charge on any atom is -0.493 e. The molecular weight excluding hydrogens is 516 g/mol. The highest BCUT2D eigenvalue weighted by Gasteiger charge is 2.14. The van der Waals surface area contributed by atoms with Gasteiger partial charge in [0, 0.05) is 15.2 Å². The predicted molar refractivity (Wildman–Crippen MR) is 138 cm³/mol. The van der Waals surface area contributed by atoms with E-state index in [2.05, 4.69) is 33.9 Å². The number of ether oxygens (including phenoxy) is 2. The topological polar surface area (TPSA) is 85.4 Å². The predicted octanol–water partition coefficient (Wildman–Crippen LogP) is 6.93. The standard InChI is InChI=1S/C26H21BrN2O4S/c1-3-4-9-32-23-7-5-16(11-24(23)31-2)10-18(14-28)25-29-21(15-34-25)20-13-17-12-19(27)6-8-22(17)33-26(20)30/h5-8,10-13,15H,3-4,9H2,1-2H3/b18-10+. The quantitative estimate of drug-likeness (QED) is 0.138. The lowest BCUT2D eigenvalue weighted by molar-refractivity contribution is 0.288. The van der Waals surface area contributed by atoms with Gasteiger partial charge in [-0.25, -0.2) is 9.78 Å². The Balaban J connectivity index is 1.65. The van der Waals surface area contributed by atoms with Crippen LogP contribution in [0.4, 0.5) is 0 Å². The molecule has 0 unspecified atom stereocenters. The molecule has 8 heteroatoms. The molecule has 0 radical (unpaired) electrons. The maximum absolute atomic E-state index is 12.5. The van der Waals surface area contributed by atoms with Crippen LogP contribution in [-0.4, -0.2) is 18.7 Å². The molecule has 0 aliphatic heterocycles. The highest BCUT2D eigenvalue weighted by Crippen LogP contribution is 2.32. The number of aromatic nitrogens is 1. The first-order valence-corrected chi connectivity index (χ1v) is 12.3. The smallest absolute Gasteiger partial charge is 0.345 e. The highest BCUT2D eigenvalue weighted by molar-refractivity contribution is 9.10. The maximum Gasteiger partial charge on any atom is 0.345 e. The fourth-order valence-corrected chi connectivity index (χ4v) is 4.49. The summed E-state index contributed by atoms with van der Waals surface area (Å²) in [6, 6.07) is 14.9. The normalized spacial score (nSPS) is 11.4. The molecule has 0 atom stereocenters. The van der Waals surface area contributed by atoms with Crippen molar-refractivity contribution in [3.05, 3.63) is 73.3 Å². The number of unbranched alkanes of at least 4 members (excludes halogenated alkanes) is 1. The molecule has 0 saturated heterocycles. The van der Waals surface area contributed by atoms with E-state index in [4.69, 9.17) is 13.9 Å². The second-order valence-electron chi connectivity index (χ2n) is 7.45. The number of allylic oxidation sites excluding steroid dienone is 1. The Labute approximate surface area is 209 Å². The molecule has 34 heavy (non-hydrogen) atoms. The second kappa shape index (κ2) is 10.7. The molecule has 0 amide bonds. The molecule has 0 N–H and O–H groups in total. The summed E-state index contributed by atoms with van der Waals surface area (Å²) >= 11 is 4.72. The van der Waals surface area contributed by atoms with E-state index < -0.39 is 5.63 Å². The Morgan fingerprint density at radius 1 is 1.24 bits per heavy atom. The molecule has 0 fully saturated rings. The van der Waals surface area contributed by atoms with Crippen LogP contribution in [0.3, 0.4) is 0 Å². The van der Waals surface area contributed by atoms with Crippen LogP contribution in [0, 0.1) is 11.3 Å². The van der Waals surface area contributed by atoms with Crippen LogP contribution in [0.2, 0.25) is 0 Å². The average molecular weight is 537 g/mol. The van der Waals surface area contributed by atoms with E-state index in [1.165, 1.54) is 11.3 Å². The van der Waals surface area contributed by atoms with Crippen molar-refractivity contribution >= 4 is 49.9 Å². The van der Waals surface area contributed by atoms with Gasteiger partial charge in [0.15, 0.2) is 11.5 Å². The van der Waals surface area contributed by atoms with Gasteiger partial charge in [-0.05, 0) is 54.5 Å². The molecule has 0 spiro atoms. The van der Waals surface area contributed by atoms with Crippen LogP contribution >= 0.6 is 27.3 Å². The van der Waals surface area contributed by atoms with Crippen LogP contribution in [0.5, 0.6) is 11.5 Å². The molecule has 0 bridgehead atoms. The molecule has 2 aromatic heterocycles. The second-order valence-corrected chi connectivity index (χ2v) is 9.22. The molecule has 0 aliphatic carbocycles. The molecule has 4 rings (SSSR count). The third kappa shape index (κ3) is 5.22. The van der Waals surface area contributed by atoms with E-state index in [1.54, 1.807) is 30.7 Å². The van der Waals surface area contributed by atoms with Crippen molar-refractivity contribution in [1.29, 1.82) is 5.26 Å². The minimum absolute atomic E-state index is 0.348. The first-order chi connectivity index (χ1) is 16.5. The van der Waals surface area contributed by atoms with E-state index in [1.807, 2.05) is 30.3 Å². The van der Waals surface area contributed by atoms with E-state index in [0.717, 1.165) is 28.3 Å². The summed E-state index contributed by atoms with van der Waals surface area (Å²) in [5.41, 5.74) is 2.00. The number of benzene rings is 2. The van der Waals surface area contributed by atoms with Crippen LogP contribution in [0.15, 0.2) is 61.5 Å². The number of methoxy groups -OCH3 is 1. The van der Waals surface area contributed by atoms with Crippen molar-refractivity contribution in [1.82, 2.24) is 4.98 Å². The van der Waals surface area contributed by atoms with Gasteiger partial charge in [-0.1, -0.05) is 35.3 Å². The highest BCUT2D eigenvalue weighted by atomic mass is 79.9. The molecule has 0 saturated carbocycles. The molecular formula is C26H21BrN2O4S. The van der Waals surface area contributed by atoms with Crippen molar-refractivity contribution in [3.63, 3.8) is 0 Å². The number of hydrogen-bond donors (Lipinski definition) is 0. The first-order valence-electron chi connectivity index (χ1n) is 10.6. The van der Waals surface area contributed by atoms with Crippen molar-refractivity contribution < 1.29 is 13.9 Å². The van der Waals surface area contributed by atoms with Gasteiger partial charge >= 0.3 is 5.63 Å². The SMILES string of the molecule is CCCCOc1ccc(/C=C(\C#N)c2nc(-c3cc4cc(Br)ccc4oc3=O)cs2)cc1OC. The lowest BCUT2D eigenvalue weighted by atomic mass is 10.1. The van der Waals surface area contributed by atoms with E-state index in [9.17, 15) is 10.1 Å². The number of halogens is 1. The Morgan fingerprint density at radius 2 is 2.09 bits per heavy atom. The van der Waals surface area contributed by atoms with Gasteiger partial charge in [0.25, 0.3) is 0 Å². The number of rotatable bonds is 8. The Bertz CT molecular complexity index is 1470.